The zero-order valence-electron chi connectivity index (χ0n) is 11.1. The van der Waals surface area contributed by atoms with Crippen LogP contribution in [0.2, 0.25) is 0 Å². The quantitative estimate of drug-likeness (QED) is 0.848. The van der Waals surface area contributed by atoms with E-state index in [2.05, 4.69) is 5.32 Å². The molecule has 0 saturated heterocycles. The van der Waals surface area contributed by atoms with Gasteiger partial charge in [-0.2, -0.15) is 13.2 Å². The molecule has 1 heterocycles. The van der Waals surface area contributed by atoms with Crippen LogP contribution in [0.15, 0.2) is 41.2 Å². The molecule has 0 aliphatic rings. The molecule has 0 aliphatic carbocycles. The van der Waals surface area contributed by atoms with E-state index in [0.717, 1.165) is 12.1 Å². The number of anilines is 1. The molecule has 1 aromatic heterocycles. The van der Waals surface area contributed by atoms with Gasteiger partial charge in [0, 0.05) is 6.07 Å². The minimum atomic E-state index is -4.38. The number of hydrogen-bond acceptors (Lipinski definition) is 3. The summed E-state index contributed by atoms with van der Waals surface area (Å²) in [5.74, 6) is -1.43. The fourth-order valence-electron chi connectivity index (χ4n) is 1.58. The highest BCUT2D eigenvalue weighted by molar-refractivity contribution is 6.04. The summed E-state index contributed by atoms with van der Waals surface area (Å²) in [5.41, 5.74) is 0.278. The SMILES string of the molecule is O=C(Nc1ccc(F)cc1OCCC(F)(F)F)c1ccoc1. The van der Waals surface area contributed by atoms with E-state index in [9.17, 15) is 22.4 Å². The van der Waals surface area contributed by atoms with Crippen molar-refractivity contribution >= 4 is 11.6 Å². The standard InChI is InChI=1S/C14H11F4NO3/c15-10-1-2-11(19-13(20)9-3-5-21-8-9)12(7-10)22-6-4-14(16,17)18/h1-3,5,7-8H,4,6H2,(H,19,20). The fraction of sp³-hybridized carbons (Fsp3) is 0.214. The summed E-state index contributed by atoms with van der Waals surface area (Å²) in [6.45, 7) is -0.679. The Hall–Kier alpha value is -2.51. The van der Waals surface area contributed by atoms with Gasteiger partial charge < -0.3 is 14.5 Å². The zero-order chi connectivity index (χ0) is 16.2. The van der Waals surface area contributed by atoms with E-state index in [-0.39, 0.29) is 17.0 Å². The number of alkyl halides is 3. The van der Waals surface area contributed by atoms with Crippen LogP contribution >= 0.6 is 0 Å². The second-order valence-corrected chi connectivity index (χ2v) is 4.32. The van der Waals surface area contributed by atoms with Crippen molar-refractivity contribution in [1.82, 2.24) is 0 Å². The summed E-state index contributed by atoms with van der Waals surface area (Å²) in [6, 6.07) is 4.57. The molecular formula is C14H11F4NO3. The van der Waals surface area contributed by atoms with E-state index < -0.39 is 30.9 Å². The van der Waals surface area contributed by atoms with Crippen molar-refractivity contribution in [2.45, 2.75) is 12.6 Å². The van der Waals surface area contributed by atoms with Crippen molar-refractivity contribution in [2.24, 2.45) is 0 Å². The molecule has 0 bridgehead atoms. The lowest BCUT2D eigenvalue weighted by Gasteiger charge is -2.13. The number of carbonyl (C=O) groups excluding carboxylic acids is 1. The van der Waals surface area contributed by atoms with Gasteiger partial charge in [-0.1, -0.05) is 0 Å². The maximum Gasteiger partial charge on any atom is 0.392 e. The van der Waals surface area contributed by atoms with Gasteiger partial charge >= 0.3 is 6.18 Å². The van der Waals surface area contributed by atoms with Crippen LogP contribution in [0.5, 0.6) is 5.75 Å². The van der Waals surface area contributed by atoms with Crippen LogP contribution in [0.3, 0.4) is 0 Å². The van der Waals surface area contributed by atoms with E-state index in [4.69, 9.17) is 9.15 Å². The van der Waals surface area contributed by atoms with Crippen LogP contribution in [-0.2, 0) is 0 Å². The molecule has 118 valence electrons. The van der Waals surface area contributed by atoms with E-state index in [1.807, 2.05) is 0 Å². The summed E-state index contributed by atoms with van der Waals surface area (Å²) in [4.78, 5) is 11.8. The van der Waals surface area contributed by atoms with Crippen LogP contribution in [0.1, 0.15) is 16.8 Å². The number of furan rings is 1. The molecule has 0 saturated carbocycles. The Morgan fingerprint density at radius 2 is 2.05 bits per heavy atom. The molecule has 0 radical (unpaired) electrons. The summed E-state index contributed by atoms with van der Waals surface area (Å²) in [5, 5.41) is 2.42. The van der Waals surface area contributed by atoms with Gasteiger partial charge in [-0.15, -0.1) is 0 Å². The van der Waals surface area contributed by atoms with Crippen LogP contribution < -0.4 is 10.1 Å². The molecule has 2 aromatic rings. The van der Waals surface area contributed by atoms with Gasteiger partial charge in [-0.05, 0) is 18.2 Å². The highest BCUT2D eigenvalue weighted by Crippen LogP contribution is 2.27. The van der Waals surface area contributed by atoms with Gasteiger partial charge in [0.2, 0.25) is 0 Å². The van der Waals surface area contributed by atoms with Crippen molar-refractivity contribution in [1.29, 1.82) is 0 Å². The van der Waals surface area contributed by atoms with Gasteiger partial charge in [-0.25, -0.2) is 4.39 Å². The second-order valence-electron chi connectivity index (χ2n) is 4.32. The van der Waals surface area contributed by atoms with Crippen molar-refractivity contribution in [3.8, 4) is 5.75 Å². The summed E-state index contributed by atoms with van der Waals surface area (Å²) < 4.78 is 59.2. The summed E-state index contributed by atoms with van der Waals surface area (Å²) >= 11 is 0. The Labute approximate surface area is 122 Å². The highest BCUT2D eigenvalue weighted by Gasteiger charge is 2.27. The Morgan fingerprint density at radius 1 is 1.27 bits per heavy atom. The fourth-order valence-corrected chi connectivity index (χ4v) is 1.58. The predicted octanol–water partition coefficient (Wildman–Crippen LogP) is 4.00. The third-order valence-corrected chi connectivity index (χ3v) is 2.62. The molecule has 1 aromatic carbocycles. The smallest absolute Gasteiger partial charge is 0.392 e. The topological polar surface area (TPSA) is 51.5 Å². The van der Waals surface area contributed by atoms with Crippen LogP contribution in [-0.4, -0.2) is 18.7 Å². The molecule has 0 aliphatic heterocycles. The first kappa shape index (κ1) is 15.9. The second kappa shape index (κ2) is 6.50. The molecule has 0 fully saturated rings. The molecule has 8 heteroatoms. The Bertz CT molecular complexity index is 638. The zero-order valence-corrected chi connectivity index (χ0v) is 11.1. The molecule has 0 spiro atoms. The van der Waals surface area contributed by atoms with E-state index in [1.165, 1.54) is 24.7 Å². The minimum Gasteiger partial charge on any atom is -0.491 e. The third-order valence-electron chi connectivity index (χ3n) is 2.62. The van der Waals surface area contributed by atoms with Gasteiger partial charge in [-0.3, -0.25) is 4.79 Å². The molecule has 1 amide bonds. The first-order valence-electron chi connectivity index (χ1n) is 6.18. The normalized spacial score (nSPS) is 11.3. The molecular weight excluding hydrogens is 306 g/mol. The Balaban J connectivity index is 2.08. The maximum atomic E-state index is 13.2. The number of benzene rings is 1. The number of ether oxygens (including phenoxy) is 1. The average molecular weight is 317 g/mol. The first-order chi connectivity index (χ1) is 10.3. The lowest BCUT2D eigenvalue weighted by atomic mass is 10.2. The Kier molecular flexibility index (Phi) is 4.69. The van der Waals surface area contributed by atoms with E-state index in [1.54, 1.807) is 0 Å². The maximum absolute atomic E-state index is 13.2. The molecule has 1 N–H and O–H groups in total. The number of carbonyl (C=O) groups is 1. The van der Waals surface area contributed by atoms with Crippen LogP contribution in [0, 0.1) is 5.82 Å². The molecule has 0 atom stereocenters. The van der Waals surface area contributed by atoms with Crippen molar-refractivity contribution in [3.05, 3.63) is 48.2 Å². The van der Waals surface area contributed by atoms with Gasteiger partial charge in [0.1, 0.15) is 17.8 Å². The minimum absolute atomic E-state index is 0.0646. The molecule has 2 rings (SSSR count). The molecule has 22 heavy (non-hydrogen) atoms. The van der Waals surface area contributed by atoms with Gasteiger partial charge in [0.25, 0.3) is 5.91 Å². The van der Waals surface area contributed by atoms with Crippen molar-refractivity contribution in [2.75, 3.05) is 11.9 Å². The Morgan fingerprint density at radius 3 is 2.68 bits per heavy atom. The predicted molar refractivity (Wildman–Crippen MR) is 69.2 cm³/mol. The number of halogens is 4. The van der Waals surface area contributed by atoms with E-state index in [0.29, 0.717) is 0 Å². The van der Waals surface area contributed by atoms with Gasteiger partial charge in [0.15, 0.2) is 0 Å². The summed E-state index contributed by atoms with van der Waals surface area (Å²) in [7, 11) is 0. The largest absolute Gasteiger partial charge is 0.491 e. The van der Waals surface area contributed by atoms with Gasteiger partial charge in [0.05, 0.1) is 30.5 Å². The lowest BCUT2D eigenvalue weighted by Crippen LogP contribution is -2.15. The first-order valence-corrected chi connectivity index (χ1v) is 6.18. The van der Waals surface area contributed by atoms with E-state index >= 15 is 0 Å². The number of hydrogen-bond donors (Lipinski definition) is 1. The summed E-state index contributed by atoms with van der Waals surface area (Å²) in [6.07, 6.45) is -3.07. The third kappa shape index (κ3) is 4.51. The molecule has 4 nitrogen and oxygen atoms in total. The monoisotopic (exact) mass is 317 g/mol. The van der Waals surface area contributed by atoms with Crippen LogP contribution in [0.25, 0.3) is 0 Å². The van der Waals surface area contributed by atoms with Crippen LogP contribution in [0.4, 0.5) is 23.2 Å². The van der Waals surface area contributed by atoms with Crippen molar-refractivity contribution < 1.29 is 31.5 Å². The highest BCUT2D eigenvalue weighted by atomic mass is 19.4. The number of amides is 1. The molecule has 0 unspecified atom stereocenters. The number of nitrogens with one attached hydrogen (secondary N) is 1. The number of rotatable bonds is 5. The average Bonchev–Trinajstić information content (AvgIpc) is 2.94. The lowest BCUT2D eigenvalue weighted by molar-refractivity contribution is -0.139. The van der Waals surface area contributed by atoms with Crippen molar-refractivity contribution in [3.63, 3.8) is 0 Å².